The Labute approximate surface area is 396 Å². The molecule has 0 nitrogen and oxygen atoms in total. The Morgan fingerprint density at radius 2 is 0.414 bits per heavy atom. The van der Waals surface area contributed by atoms with Crippen LogP contribution in [0.4, 0.5) is 0 Å². The quantitative estimate of drug-likeness (QED) is 0.0339. The first-order chi connectivity index (χ1) is 28.5. The van der Waals surface area contributed by atoms with Crippen molar-refractivity contribution in [1.82, 2.24) is 0 Å². The van der Waals surface area contributed by atoms with Crippen molar-refractivity contribution < 1.29 is 0 Å². The third-order valence-corrected chi connectivity index (χ3v) is 32.4. The summed E-state index contributed by atoms with van der Waals surface area (Å²) in [4.78, 5) is 0. The van der Waals surface area contributed by atoms with E-state index in [4.69, 9.17) is 25.3 Å². The molecular formula is C54H112S2Sn2. The summed E-state index contributed by atoms with van der Waals surface area (Å²) in [6.07, 6.45) is 58.8. The van der Waals surface area contributed by atoms with Gasteiger partial charge in [0.15, 0.2) is 0 Å². The Hall–Kier alpha value is 2.30. The summed E-state index contributed by atoms with van der Waals surface area (Å²) < 4.78 is 10.3. The van der Waals surface area contributed by atoms with Crippen LogP contribution in [0.1, 0.15) is 298 Å². The summed E-state index contributed by atoms with van der Waals surface area (Å²) in [6.45, 7) is 14.0. The maximum Gasteiger partial charge on any atom is -0.0550 e. The van der Waals surface area contributed by atoms with E-state index in [-0.39, 0.29) is 0 Å². The van der Waals surface area contributed by atoms with Gasteiger partial charge in [0.25, 0.3) is 0 Å². The molecule has 0 aromatic carbocycles. The third-order valence-electron chi connectivity index (χ3n) is 12.9. The normalized spacial score (nSPS) is 15.1. The summed E-state index contributed by atoms with van der Waals surface area (Å²) in [5.41, 5.74) is 0. The molecule has 0 radical (unpaired) electrons. The van der Waals surface area contributed by atoms with E-state index < -0.39 is 39.5 Å². The van der Waals surface area contributed by atoms with Gasteiger partial charge in [0, 0.05) is 0 Å². The van der Waals surface area contributed by atoms with Crippen molar-refractivity contribution in [3.8, 4) is 0 Å². The van der Waals surface area contributed by atoms with E-state index in [1.54, 1.807) is 65.1 Å². The first kappa shape index (κ1) is 62.4. The molecule has 1 aliphatic rings. The SMILES string of the molecule is CCCCCCC[CH2][Sn+]([CH2]CCCCCCC)[CH2]CCCCCCC.CCCCCCC[CH2][Sn+]([CH2]CCCCCCC)[CH2]CCCCCCC.[S-]C1CCCCC1[S-]. The second-order valence-corrected chi connectivity index (χ2v) is 37.3. The van der Waals surface area contributed by atoms with Gasteiger partial charge in [-0.3, -0.25) is 0 Å². The first-order valence-electron chi connectivity index (χ1n) is 27.5. The average Bonchev–Trinajstić information content (AvgIpc) is 3.23. The van der Waals surface area contributed by atoms with Crippen LogP contribution in [0.5, 0.6) is 0 Å². The van der Waals surface area contributed by atoms with Crippen molar-refractivity contribution in [3.05, 3.63) is 0 Å². The van der Waals surface area contributed by atoms with E-state index in [9.17, 15) is 0 Å². The molecule has 0 heterocycles. The van der Waals surface area contributed by atoms with E-state index in [0.29, 0.717) is 10.5 Å². The van der Waals surface area contributed by atoms with Crippen LogP contribution >= 0.6 is 0 Å². The second kappa shape index (κ2) is 55.4. The predicted molar refractivity (Wildman–Crippen MR) is 281 cm³/mol. The summed E-state index contributed by atoms with van der Waals surface area (Å²) in [7, 11) is 0. The predicted octanol–water partition coefficient (Wildman–Crippen LogP) is 20.5. The summed E-state index contributed by atoms with van der Waals surface area (Å²) in [5, 5.41) is 0.803. The van der Waals surface area contributed by atoms with Gasteiger partial charge in [-0.15, -0.1) is 0 Å². The maximum atomic E-state index is 5.11. The zero-order chi connectivity index (χ0) is 42.8. The minimum atomic E-state index is -1.02. The minimum absolute atomic E-state index is 0.402. The maximum absolute atomic E-state index is 5.11. The van der Waals surface area contributed by atoms with E-state index in [2.05, 4.69) is 41.5 Å². The van der Waals surface area contributed by atoms with Gasteiger partial charge >= 0.3 is 339 Å². The Morgan fingerprint density at radius 3 is 0.569 bits per heavy atom. The average molecular weight is 1060 g/mol. The van der Waals surface area contributed by atoms with Gasteiger partial charge in [0.2, 0.25) is 0 Å². The molecule has 0 bridgehead atoms. The summed E-state index contributed by atoms with van der Waals surface area (Å²) in [6, 6.07) is 0. The zero-order valence-electron chi connectivity index (χ0n) is 41.5. The van der Waals surface area contributed by atoms with Gasteiger partial charge < -0.3 is 25.3 Å². The standard InChI is InChI=1S/6C8H17.C6H12S2.2Sn/c6*1-3-5-7-8-6-4-2;7-5-3-1-2-4-6(5)8;;/h6*1,3-8H2,2H3;5-8H,1-4H2;;/q;;;;;;;2*+1/p-2. The molecule has 0 aliphatic heterocycles. The fraction of sp³-hybridized carbons (Fsp3) is 1.00. The molecule has 4 heteroatoms. The zero-order valence-corrected chi connectivity index (χ0v) is 48.8. The largest absolute Gasteiger partial charge is 0.791 e. The Bertz CT molecular complexity index is 570. The second-order valence-electron chi connectivity index (χ2n) is 19.0. The Kier molecular flexibility index (Phi) is 59.6. The van der Waals surface area contributed by atoms with Crippen LogP contribution < -0.4 is 0 Å². The van der Waals surface area contributed by atoms with Crippen molar-refractivity contribution in [2.75, 3.05) is 0 Å². The number of unbranched alkanes of at least 4 members (excludes halogenated alkanes) is 30. The molecule has 0 aromatic rings. The number of rotatable bonds is 42. The van der Waals surface area contributed by atoms with Gasteiger partial charge in [-0.2, -0.15) is 10.5 Å². The molecule has 0 saturated heterocycles. The molecule has 1 rings (SSSR count). The number of hydrogen-bond acceptors (Lipinski definition) is 2. The van der Waals surface area contributed by atoms with E-state index in [1.807, 2.05) is 0 Å². The number of hydrogen-bond donors (Lipinski definition) is 0. The van der Waals surface area contributed by atoms with Crippen LogP contribution in [-0.2, 0) is 25.3 Å². The van der Waals surface area contributed by atoms with Crippen LogP contribution in [0.15, 0.2) is 0 Å². The van der Waals surface area contributed by atoms with Crippen LogP contribution in [-0.4, -0.2) is 50.0 Å². The first-order valence-corrected chi connectivity index (χ1v) is 40.5. The molecule has 348 valence electrons. The van der Waals surface area contributed by atoms with Crippen molar-refractivity contribution >= 4 is 64.8 Å². The topological polar surface area (TPSA) is 0 Å². The van der Waals surface area contributed by atoms with Gasteiger partial charge in [-0.05, 0) is 0 Å². The molecule has 2 unspecified atom stereocenters. The van der Waals surface area contributed by atoms with Crippen molar-refractivity contribution in [3.63, 3.8) is 0 Å². The van der Waals surface area contributed by atoms with Crippen LogP contribution in [0.3, 0.4) is 0 Å². The van der Waals surface area contributed by atoms with E-state index in [0.717, 1.165) is 0 Å². The molecular weight excluding hydrogens is 950 g/mol. The van der Waals surface area contributed by atoms with Gasteiger partial charge in [-0.25, -0.2) is 0 Å². The molecule has 0 aromatic heterocycles. The van der Waals surface area contributed by atoms with Crippen molar-refractivity contribution in [1.29, 1.82) is 0 Å². The molecule has 2 atom stereocenters. The molecule has 1 fully saturated rings. The molecule has 58 heavy (non-hydrogen) atoms. The molecule has 0 N–H and O–H groups in total. The molecule has 1 saturated carbocycles. The molecule has 0 amide bonds. The molecule has 0 spiro atoms. The van der Waals surface area contributed by atoms with Gasteiger partial charge in [0.05, 0.1) is 0 Å². The Morgan fingerprint density at radius 1 is 0.259 bits per heavy atom. The van der Waals surface area contributed by atoms with Crippen LogP contribution in [0, 0.1) is 0 Å². The summed E-state index contributed by atoms with van der Waals surface area (Å²) in [5.74, 6) is 0. The van der Waals surface area contributed by atoms with E-state index in [1.165, 1.54) is 218 Å². The Balaban J connectivity index is 0. The monoisotopic (exact) mass is 1060 g/mol. The van der Waals surface area contributed by atoms with Crippen LogP contribution in [0.25, 0.3) is 0 Å². The van der Waals surface area contributed by atoms with Crippen molar-refractivity contribution in [2.45, 2.75) is 335 Å². The summed E-state index contributed by atoms with van der Waals surface area (Å²) >= 11 is 8.18. The molecule has 1 aliphatic carbocycles. The smallest absolute Gasteiger partial charge is 0.0550 e. The minimum Gasteiger partial charge on any atom is -0.791 e. The van der Waals surface area contributed by atoms with E-state index >= 15 is 0 Å². The fourth-order valence-electron chi connectivity index (χ4n) is 8.74. The van der Waals surface area contributed by atoms with Crippen LogP contribution in [0.2, 0.25) is 26.6 Å². The fourth-order valence-corrected chi connectivity index (χ4v) is 26.5. The van der Waals surface area contributed by atoms with Gasteiger partial charge in [-0.1, -0.05) is 25.7 Å². The third kappa shape index (κ3) is 50.9. The van der Waals surface area contributed by atoms with Crippen molar-refractivity contribution in [2.24, 2.45) is 0 Å². The van der Waals surface area contributed by atoms with Gasteiger partial charge in [0.1, 0.15) is 0 Å².